The van der Waals surface area contributed by atoms with Crippen LogP contribution in [0.5, 0.6) is 11.5 Å². The van der Waals surface area contributed by atoms with Crippen LogP contribution in [0.25, 0.3) is 0 Å². The van der Waals surface area contributed by atoms with E-state index in [9.17, 15) is 9.59 Å². The Kier molecular flexibility index (Phi) is 5.07. The number of nitrogens with zero attached hydrogens (tertiary/aromatic N) is 1. The molecule has 0 radical (unpaired) electrons. The molecule has 5 heteroatoms. The van der Waals surface area contributed by atoms with Crippen LogP contribution in [0.1, 0.15) is 46.3 Å². The minimum atomic E-state index is -0.504. The van der Waals surface area contributed by atoms with Crippen molar-refractivity contribution in [2.24, 2.45) is 0 Å². The van der Waals surface area contributed by atoms with Crippen molar-refractivity contribution in [3.05, 3.63) is 58.7 Å². The average molecular weight is 393 g/mol. The summed E-state index contributed by atoms with van der Waals surface area (Å²) in [5.74, 6) is 1.57. The zero-order chi connectivity index (χ0) is 20.6. The quantitative estimate of drug-likeness (QED) is 0.790. The maximum atomic E-state index is 12.7. The number of piperidine rings is 1. The van der Waals surface area contributed by atoms with E-state index >= 15 is 0 Å². The van der Waals surface area contributed by atoms with Gasteiger partial charge in [0.25, 0.3) is 5.91 Å². The van der Waals surface area contributed by atoms with Crippen LogP contribution in [0.15, 0.2) is 36.4 Å². The van der Waals surface area contributed by atoms with Crippen molar-refractivity contribution < 1.29 is 19.1 Å². The van der Waals surface area contributed by atoms with E-state index in [0.717, 1.165) is 28.2 Å². The molecule has 1 saturated heterocycles. The molecule has 0 bridgehead atoms. The lowest BCUT2D eigenvalue weighted by Gasteiger charge is -2.44. The van der Waals surface area contributed by atoms with Crippen molar-refractivity contribution in [3.63, 3.8) is 0 Å². The lowest BCUT2D eigenvalue weighted by molar-refractivity contribution is -0.136. The highest BCUT2D eigenvalue weighted by molar-refractivity contribution is 6.01. The van der Waals surface area contributed by atoms with Gasteiger partial charge in [-0.3, -0.25) is 9.59 Å². The number of amides is 1. The van der Waals surface area contributed by atoms with E-state index in [1.165, 1.54) is 0 Å². The third-order valence-corrected chi connectivity index (χ3v) is 6.25. The molecule has 1 fully saturated rings. The predicted octanol–water partition coefficient (Wildman–Crippen LogP) is 4.02. The second kappa shape index (κ2) is 7.54. The molecule has 1 spiro atoms. The van der Waals surface area contributed by atoms with Crippen molar-refractivity contribution >= 4 is 11.7 Å². The topological polar surface area (TPSA) is 55.8 Å². The Morgan fingerprint density at radius 3 is 2.52 bits per heavy atom. The molecule has 2 heterocycles. The molecule has 5 nitrogen and oxygen atoms in total. The Morgan fingerprint density at radius 1 is 1.07 bits per heavy atom. The van der Waals surface area contributed by atoms with Gasteiger partial charge in [-0.25, -0.2) is 0 Å². The summed E-state index contributed by atoms with van der Waals surface area (Å²) in [6, 6.07) is 11.5. The molecule has 0 N–H and O–H groups in total. The van der Waals surface area contributed by atoms with E-state index in [-0.39, 0.29) is 18.3 Å². The van der Waals surface area contributed by atoms with Crippen LogP contribution in [-0.2, 0) is 4.79 Å². The molecule has 0 atom stereocenters. The molecular formula is C24H27NO4. The second-order valence-corrected chi connectivity index (χ2v) is 8.20. The van der Waals surface area contributed by atoms with Gasteiger partial charge >= 0.3 is 0 Å². The van der Waals surface area contributed by atoms with Gasteiger partial charge in [0.2, 0.25) is 0 Å². The summed E-state index contributed by atoms with van der Waals surface area (Å²) in [5.41, 5.74) is 3.34. The summed E-state index contributed by atoms with van der Waals surface area (Å²) >= 11 is 0. The van der Waals surface area contributed by atoms with Gasteiger partial charge in [0.05, 0.1) is 12.0 Å². The lowest BCUT2D eigenvalue weighted by Crippen LogP contribution is -2.53. The van der Waals surface area contributed by atoms with Gasteiger partial charge in [-0.05, 0) is 49.6 Å². The van der Waals surface area contributed by atoms with Crippen LogP contribution in [0.3, 0.4) is 0 Å². The third-order valence-electron chi connectivity index (χ3n) is 6.25. The SMILES string of the molecule is Cc1ccccc1OCC(=O)N1CCC2(CC1)CC(=O)c1ccc(C)c(C)c1O2. The summed E-state index contributed by atoms with van der Waals surface area (Å²) in [6.07, 6.45) is 1.69. The maximum absolute atomic E-state index is 12.7. The molecule has 0 unspecified atom stereocenters. The highest BCUT2D eigenvalue weighted by Crippen LogP contribution is 2.41. The molecule has 29 heavy (non-hydrogen) atoms. The molecule has 2 aromatic rings. The summed E-state index contributed by atoms with van der Waals surface area (Å²) in [7, 11) is 0. The highest BCUT2D eigenvalue weighted by Gasteiger charge is 2.44. The molecule has 2 aliphatic heterocycles. The van der Waals surface area contributed by atoms with Crippen molar-refractivity contribution in [3.8, 4) is 11.5 Å². The van der Waals surface area contributed by atoms with Crippen LogP contribution in [0.2, 0.25) is 0 Å². The molecule has 0 aromatic heterocycles. The fraction of sp³-hybridized carbons (Fsp3) is 0.417. The summed E-state index contributed by atoms with van der Waals surface area (Å²) in [6.45, 7) is 7.16. The molecule has 4 rings (SSSR count). The Hall–Kier alpha value is -2.82. The van der Waals surface area contributed by atoms with Gasteiger partial charge in [-0.1, -0.05) is 24.3 Å². The number of carbonyl (C=O) groups excluding carboxylic acids is 2. The number of Topliss-reactive ketones (excluding diaryl/α,β-unsaturated/α-hetero) is 1. The average Bonchev–Trinajstić information content (AvgIpc) is 2.71. The smallest absolute Gasteiger partial charge is 0.260 e. The van der Waals surface area contributed by atoms with Gasteiger partial charge in [0.1, 0.15) is 17.1 Å². The largest absolute Gasteiger partial charge is 0.486 e. The standard InChI is InChI=1S/C24H27NO4/c1-16-8-9-19-20(26)14-24(29-23(19)18(16)3)10-12-25(13-11-24)22(27)15-28-21-7-5-4-6-17(21)2/h4-9H,10-15H2,1-3H3. The number of carbonyl (C=O) groups is 2. The van der Waals surface area contributed by atoms with Crippen LogP contribution < -0.4 is 9.47 Å². The fourth-order valence-electron chi connectivity index (χ4n) is 4.17. The second-order valence-electron chi connectivity index (χ2n) is 8.20. The normalized spacial score (nSPS) is 17.6. The number of benzene rings is 2. The molecular weight excluding hydrogens is 366 g/mol. The van der Waals surface area contributed by atoms with E-state index in [4.69, 9.17) is 9.47 Å². The Morgan fingerprint density at radius 2 is 1.79 bits per heavy atom. The maximum Gasteiger partial charge on any atom is 0.260 e. The van der Waals surface area contributed by atoms with Crippen molar-refractivity contribution in [1.29, 1.82) is 0 Å². The molecule has 2 aliphatic rings. The van der Waals surface area contributed by atoms with Crippen LogP contribution in [0.4, 0.5) is 0 Å². The summed E-state index contributed by atoms with van der Waals surface area (Å²) in [5, 5.41) is 0. The number of rotatable bonds is 3. The number of para-hydroxylation sites is 1. The number of hydrogen-bond acceptors (Lipinski definition) is 4. The monoisotopic (exact) mass is 393 g/mol. The van der Waals surface area contributed by atoms with Gasteiger partial charge in [-0.2, -0.15) is 0 Å². The molecule has 0 saturated carbocycles. The first-order valence-corrected chi connectivity index (χ1v) is 10.2. The molecule has 2 aromatic carbocycles. The van der Waals surface area contributed by atoms with Crippen molar-refractivity contribution in [2.75, 3.05) is 19.7 Å². The minimum absolute atomic E-state index is 0.0266. The van der Waals surface area contributed by atoms with Crippen molar-refractivity contribution in [2.45, 2.75) is 45.6 Å². The third kappa shape index (κ3) is 3.74. The van der Waals surface area contributed by atoms with Gasteiger partial charge < -0.3 is 14.4 Å². The van der Waals surface area contributed by atoms with Crippen LogP contribution >= 0.6 is 0 Å². The lowest BCUT2D eigenvalue weighted by atomic mass is 9.81. The highest BCUT2D eigenvalue weighted by atomic mass is 16.5. The first kappa shape index (κ1) is 19.5. The molecule has 0 aliphatic carbocycles. The van der Waals surface area contributed by atoms with Gasteiger partial charge in [0, 0.05) is 25.9 Å². The number of fused-ring (bicyclic) bond motifs is 1. The Bertz CT molecular complexity index is 957. The van der Waals surface area contributed by atoms with E-state index in [0.29, 0.717) is 37.9 Å². The van der Waals surface area contributed by atoms with Gasteiger partial charge in [-0.15, -0.1) is 0 Å². The Labute approximate surface area is 171 Å². The van der Waals surface area contributed by atoms with E-state index < -0.39 is 5.60 Å². The van der Waals surface area contributed by atoms with E-state index in [2.05, 4.69) is 0 Å². The number of likely N-dealkylation sites (tertiary alicyclic amines) is 1. The number of hydrogen-bond donors (Lipinski definition) is 0. The van der Waals surface area contributed by atoms with Crippen molar-refractivity contribution in [1.82, 2.24) is 4.90 Å². The predicted molar refractivity (Wildman–Crippen MR) is 111 cm³/mol. The minimum Gasteiger partial charge on any atom is -0.486 e. The Balaban J connectivity index is 1.40. The number of aryl methyl sites for hydroxylation is 2. The van der Waals surface area contributed by atoms with Gasteiger partial charge in [0.15, 0.2) is 12.4 Å². The number of ether oxygens (including phenoxy) is 2. The van der Waals surface area contributed by atoms with E-state index in [1.54, 1.807) is 0 Å². The van der Waals surface area contributed by atoms with E-state index in [1.807, 2.05) is 62.1 Å². The first-order valence-electron chi connectivity index (χ1n) is 10.2. The zero-order valence-electron chi connectivity index (χ0n) is 17.3. The molecule has 1 amide bonds. The summed E-state index contributed by atoms with van der Waals surface area (Å²) in [4.78, 5) is 27.2. The number of ketones is 1. The first-order chi connectivity index (χ1) is 13.9. The fourth-order valence-corrected chi connectivity index (χ4v) is 4.17. The zero-order valence-corrected chi connectivity index (χ0v) is 17.3. The molecule has 152 valence electrons. The van der Waals surface area contributed by atoms with Crippen LogP contribution in [0, 0.1) is 20.8 Å². The summed E-state index contributed by atoms with van der Waals surface area (Å²) < 4.78 is 12.1. The van der Waals surface area contributed by atoms with Crippen LogP contribution in [-0.4, -0.2) is 41.9 Å².